The Kier molecular flexibility index (Phi) is 8.55. The van der Waals surface area contributed by atoms with Gasteiger partial charge in [0.15, 0.2) is 0 Å². The van der Waals surface area contributed by atoms with E-state index < -0.39 is 5.41 Å². The van der Waals surface area contributed by atoms with Gasteiger partial charge in [0.25, 0.3) is 0 Å². The minimum absolute atomic E-state index is 0.0627. The van der Waals surface area contributed by atoms with E-state index in [-0.39, 0.29) is 23.6 Å². The fourth-order valence-corrected chi connectivity index (χ4v) is 5.63. The molecule has 1 atom stereocenters. The first-order chi connectivity index (χ1) is 16.8. The van der Waals surface area contributed by atoms with Crippen LogP contribution in [0.1, 0.15) is 39.0 Å². The van der Waals surface area contributed by atoms with Crippen molar-refractivity contribution in [3.05, 3.63) is 29.3 Å². The Morgan fingerprint density at radius 1 is 1.06 bits per heavy atom. The lowest BCUT2D eigenvalue weighted by molar-refractivity contribution is -0.147. The van der Waals surface area contributed by atoms with Crippen LogP contribution in [0.25, 0.3) is 0 Å². The first kappa shape index (κ1) is 25.8. The number of rotatable bonds is 6. The van der Waals surface area contributed by atoms with Gasteiger partial charge in [0, 0.05) is 69.0 Å². The Bertz CT molecular complexity index is 914. The number of morpholine rings is 1. The predicted molar refractivity (Wildman–Crippen MR) is 132 cm³/mol. The van der Waals surface area contributed by atoms with Gasteiger partial charge in [-0.15, -0.1) is 0 Å². The van der Waals surface area contributed by atoms with Crippen molar-refractivity contribution in [1.29, 1.82) is 0 Å². The van der Waals surface area contributed by atoms with E-state index in [9.17, 15) is 14.4 Å². The molecule has 1 unspecified atom stereocenters. The highest BCUT2D eigenvalue weighted by atomic mass is 35.5. The Morgan fingerprint density at radius 2 is 1.80 bits per heavy atom. The molecule has 3 fully saturated rings. The Morgan fingerprint density at radius 3 is 2.49 bits per heavy atom. The van der Waals surface area contributed by atoms with Gasteiger partial charge in [-0.1, -0.05) is 17.7 Å². The van der Waals surface area contributed by atoms with E-state index in [1.165, 1.54) is 0 Å². The summed E-state index contributed by atoms with van der Waals surface area (Å²) in [5.41, 5.74) is -0.467. The summed E-state index contributed by atoms with van der Waals surface area (Å²) in [7, 11) is 0. The van der Waals surface area contributed by atoms with Crippen LogP contribution in [0.3, 0.4) is 0 Å². The highest BCUT2D eigenvalue weighted by Gasteiger charge is 2.42. The van der Waals surface area contributed by atoms with Crippen LogP contribution in [-0.2, 0) is 19.1 Å². The summed E-state index contributed by atoms with van der Waals surface area (Å²) >= 11 is 6.14. The van der Waals surface area contributed by atoms with Crippen LogP contribution >= 0.6 is 11.6 Å². The summed E-state index contributed by atoms with van der Waals surface area (Å²) in [4.78, 5) is 44.0. The molecule has 8 nitrogen and oxygen atoms in total. The number of hydrogen-bond acceptors (Lipinski definition) is 5. The fraction of sp³-hybridized carbons (Fsp3) is 0.654. The SMILES string of the molecule is CC(=O)N1CCC(C(=O)N2CCCC(COc3cccc(Cl)c3)(CC(=O)N3CCOCC3)C2)CC1. The molecule has 9 heteroatoms. The molecule has 0 N–H and O–H groups in total. The van der Waals surface area contributed by atoms with Crippen molar-refractivity contribution in [2.24, 2.45) is 11.3 Å². The number of piperidine rings is 2. The second kappa shape index (κ2) is 11.6. The van der Waals surface area contributed by atoms with Crippen LogP contribution in [-0.4, -0.2) is 91.5 Å². The van der Waals surface area contributed by atoms with Gasteiger partial charge in [-0.3, -0.25) is 14.4 Å². The molecule has 0 aromatic heterocycles. The summed E-state index contributed by atoms with van der Waals surface area (Å²) in [6, 6.07) is 7.27. The zero-order valence-corrected chi connectivity index (χ0v) is 21.3. The smallest absolute Gasteiger partial charge is 0.225 e. The quantitative estimate of drug-likeness (QED) is 0.594. The molecule has 0 saturated carbocycles. The molecular formula is C26H36ClN3O5. The van der Waals surface area contributed by atoms with Crippen molar-refractivity contribution in [2.45, 2.75) is 39.0 Å². The molecule has 3 amide bonds. The molecule has 35 heavy (non-hydrogen) atoms. The number of nitrogens with zero attached hydrogens (tertiary/aromatic N) is 3. The maximum absolute atomic E-state index is 13.5. The monoisotopic (exact) mass is 505 g/mol. The molecule has 3 heterocycles. The molecule has 1 aromatic rings. The van der Waals surface area contributed by atoms with Crippen LogP contribution in [0.4, 0.5) is 0 Å². The normalized spacial score (nSPS) is 23.8. The van der Waals surface area contributed by atoms with Crippen molar-refractivity contribution >= 4 is 29.3 Å². The van der Waals surface area contributed by atoms with Gasteiger partial charge in [-0.05, 0) is 43.9 Å². The summed E-state index contributed by atoms with van der Waals surface area (Å²) < 4.78 is 11.6. The fourth-order valence-electron chi connectivity index (χ4n) is 5.45. The van der Waals surface area contributed by atoms with E-state index >= 15 is 0 Å². The molecule has 3 aliphatic heterocycles. The average molecular weight is 506 g/mol. The molecule has 4 rings (SSSR count). The Hall–Kier alpha value is -2.32. The molecule has 0 aliphatic carbocycles. The van der Waals surface area contributed by atoms with Crippen molar-refractivity contribution in [3.8, 4) is 5.75 Å². The van der Waals surface area contributed by atoms with Crippen molar-refractivity contribution < 1.29 is 23.9 Å². The number of carbonyl (C=O) groups excluding carboxylic acids is 3. The van der Waals surface area contributed by atoms with Gasteiger partial charge >= 0.3 is 0 Å². The molecular weight excluding hydrogens is 470 g/mol. The zero-order valence-electron chi connectivity index (χ0n) is 20.5. The van der Waals surface area contributed by atoms with Crippen molar-refractivity contribution in [2.75, 3.05) is 59.1 Å². The maximum atomic E-state index is 13.5. The Balaban J connectivity index is 1.46. The number of hydrogen-bond donors (Lipinski definition) is 0. The maximum Gasteiger partial charge on any atom is 0.225 e. The van der Waals surface area contributed by atoms with Crippen LogP contribution in [0, 0.1) is 11.3 Å². The van der Waals surface area contributed by atoms with Gasteiger partial charge in [-0.2, -0.15) is 0 Å². The molecule has 1 aromatic carbocycles. The van der Waals surface area contributed by atoms with Gasteiger partial charge in [-0.25, -0.2) is 0 Å². The van der Waals surface area contributed by atoms with Crippen LogP contribution in [0.5, 0.6) is 5.75 Å². The summed E-state index contributed by atoms with van der Waals surface area (Å²) in [5, 5.41) is 0.596. The highest BCUT2D eigenvalue weighted by molar-refractivity contribution is 6.30. The van der Waals surface area contributed by atoms with Crippen molar-refractivity contribution in [1.82, 2.24) is 14.7 Å². The van der Waals surface area contributed by atoms with Crippen LogP contribution in [0.15, 0.2) is 24.3 Å². The molecule has 0 spiro atoms. The molecule has 192 valence electrons. The molecule has 3 aliphatic rings. The third-order valence-electron chi connectivity index (χ3n) is 7.49. The first-order valence-corrected chi connectivity index (χ1v) is 13.0. The predicted octanol–water partition coefficient (Wildman–Crippen LogP) is 2.84. The lowest BCUT2D eigenvalue weighted by Crippen LogP contribution is -2.53. The highest BCUT2D eigenvalue weighted by Crippen LogP contribution is 2.37. The van der Waals surface area contributed by atoms with E-state index in [0.29, 0.717) is 89.1 Å². The summed E-state index contributed by atoms with van der Waals surface area (Å²) in [6.07, 6.45) is 3.35. The molecule has 0 bridgehead atoms. The van der Waals surface area contributed by atoms with Crippen molar-refractivity contribution in [3.63, 3.8) is 0 Å². The number of likely N-dealkylation sites (tertiary alicyclic amines) is 2. The van der Waals surface area contributed by atoms with E-state index in [0.717, 1.165) is 12.8 Å². The van der Waals surface area contributed by atoms with Crippen LogP contribution < -0.4 is 4.74 Å². The lowest BCUT2D eigenvalue weighted by atomic mass is 9.76. The third kappa shape index (κ3) is 6.67. The van der Waals surface area contributed by atoms with E-state index in [1.807, 2.05) is 26.8 Å². The second-order valence-electron chi connectivity index (χ2n) is 10.1. The number of benzene rings is 1. The van der Waals surface area contributed by atoms with Gasteiger partial charge in [0.05, 0.1) is 19.8 Å². The summed E-state index contributed by atoms with van der Waals surface area (Å²) in [5.74, 6) is 0.875. The van der Waals surface area contributed by atoms with Gasteiger partial charge in [0.1, 0.15) is 5.75 Å². The topological polar surface area (TPSA) is 79.4 Å². The number of carbonyl (C=O) groups is 3. The van der Waals surface area contributed by atoms with E-state index in [2.05, 4.69) is 0 Å². The molecule has 0 radical (unpaired) electrons. The largest absolute Gasteiger partial charge is 0.493 e. The van der Waals surface area contributed by atoms with E-state index in [1.54, 1.807) is 19.1 Å². The van der Waals surface area contributed by atoms with Gasteiger partial charge in [0.2, 0.25) is 17.7 Å². The van der Waals surface area contributed by atoms with Gasteiger partial charge < -0.3 is 24.2 Å². The minimum Gasteiger partial charge on any atom is -0.493 e. The second-order valence-corrected chi connectivity index (χ2v) is 10.5. The third-order valence-corrected chi connectivity index (χ3v) is 7.73. The summed E-state index contributed by atoms with van der Waals surface area (Å²) in [6.45, 7) is 6.66. The number of ether oxygens (including phenoxy) is 2. The van der Waals surface area contributed by atoms with Crippen LogP contribution in [0.2, 0.25) is 5.02 Å². The first-order valence-electron chi connectivity index (χ1n) is 12.6. The average Bonchev–Trinajstić information content (AvgIpc) is 2.88. The number of amides is 3. The minimum atomic E-state index is -0.467. The zero-order chi connectivity index (χ0) is 24.8. The molecule has 3 saturated heterocycles. The lowest BCUT2D eigenvalue weighted by Gasteiger charge is -2.44. The van der Waals surface area contributed by atoms with E-state index in [4.69, 9.17) is 21.1 Å². The Labute approximate surface area is 212 Å². The standard InChI is InChI=1S/C26H36ClN3O5/c1-20(31)28-10-6-21(7-11-28)25(33)30-9-3-8-26(18-30,17-24(32)29-12-14-34-15-13-29)19-35-23-5-2-4-22(27)16-23/h2,4-5,16,21H,3,6-15,17-19H2,1H3. The number of halogens is 1.